The summed E-state index contributed by atoms with van der Waals surface area (Å²) in [6.07, 6.45) is 0.524. The number of benzene rings is 2. The fourth-order valence-electron chi connectivity index (χ4n) is 2.63. The summed E-state index contributed by atoms with van der Waals surface area (Å²) in [5.41, 5.74) is 0.910. The molecule has 132 valence electrons. The van der Waals surface area contributed by atoms with Crippen LogP contribution in [0.5, 0.6) is 5.75 Å². The number of hydrogen-bond donors (Lipinski definition) is 1. The van der Waals surface area contributed by atoms with E-state index in [1.807, 2.05) is 0 Å². The van der Waals surface area contributed by atoms with E-state index in [1.165, 1.54) is 4.31 Å². The van der Waals surface area contributed by atoms with Gasteiger partial charge in [-0.15, -0.1) is 0 Å². The second-order valence-corrected chi connectivity index (χ2v) is 7.98. The van der Waals surface area contributed by atoms with E-state index in [9.17, 15) is 13.2 Å². The summed E-state index contributed by atoms with van der Waals surface area (Å²) in [7, 11) is -3.48. The highest BCUT2D eigenvalue weighted by atomic mass is 35.5. The molecule has 6 nitrogen and oxygen atoms in total. The van der Waals surface area contributed by atoms with Crippen LogP contribution in [0.2, 0.25) is 5.02 Å². The highest BCUT2D eigenvalue weighted by Crippen LogP contribution is 2.34. The highest BCUT2D eigenvalue weighted by Gasteiger charge is 2.31. The molecule has 0 saturated heterocycles. The Balaban J connectivity index is 1.86. The van der Waals surface area contributed by atoms with E-state index in [1.54, 1.807) is 48.5 Å². The number of sulfonamides is 1. The zero-order valence-electron chi connectivity index (χ0n) is 13.5. The Morgan fingerprint density at radius 2 is 1.88 bits per heavy atom. The number of fused-ring (bicyclic) bond motifs is 1. The van der Waals surface area contributed by atoms with Gasteiger partial charge in [0.1, 0.15) is 5.75 Å². The van der Waals surface area contributed by atoms with Crippen LogP contribution in [0.25, 0.3) is 0 Å². The first kappa shape index (κ1) is 17.6. The zero-order chi connectivity index (χ0) is 18.0. The van der Waals surface area contributed by atoms with Gasteiger partial charge in [-0.05, 0) is 24.3 Å². The Kier molecular flexibility index (Phi) is 4.87. The fraction of sp³-hybridized carbons (Fsp3) is 0.235. The third-order valence-electron chi connectivity index (χ3n) is 3.82. The number of carbonyl (C=O) groups excluding carboxylic acids is 1. The maximum Gasteiger partial charge on any atom is 0.265 e. The molecule has 0 bridgehead atoms. The van der Waals surface area contributed by atoms with Gasteiger partial charge >= 0.3 is 0 Å². The van der Waals surface area contributed by atoms with Crippen molar-refractivity contribution >= 4 is 38.9 Å². The van der Waals surface area contributed by atoms with Gasteiger partial charge in [0.15, 0.2) is 6.10 Å². The topological polar surface area (TPSA) is 75.7 Å². The van der Waals surface area contributed by atoms with Crippen molar-refractivity contribution < 1.29 is 17.9 Å². The molecule has 0 fully saturated rings. The lowest BCUT2D eigenvalue weighted by molar-refractivity contribution is -0.122. The average molecular weight is 381 g/mol. The van der Waals surface area contributed by atoms with Gasteiger partial charge in [-0.1, -0.05) is 35.9 Å². The molecule has 1 atom stereocenters. The van der Waals surface area contributed by atoms with Crippen LogP contribution in [-0.2, 0) is 14.8 Å². The van der Waals surface area contributed by atoms with Gasteiger partial charge in [0, 0.05) is 13.0 Å². The lowest BCUT2D eigenvalue weighted by Gasteiger charge is -2.20. The van der Waals surface area contributed by atoms with Gasteiger partial charge in [-0.2, -0.15) is 0 Å². The van der Waals surface area contributed by atoms with Crippen molar-refractivity contribution in [1.82, 2.24) is 0 Å². The first-order valence-electron chi connectivity index (χ1n) is 7.65. The molecule has 25 heavy (non-hydrogen) atoms. The van der Waals surface area contributed by atoms with E-state index in [2.05, 4.69) is 5.32 Å². The van der Waals surface area contributed by atoms with Gasteiger partial charge in [0.2, 0.25) is 10.0 Å². The van der Waals surface area contributed by atoms with Crippen LogP contribution in [0.3, 0.4) is 0 Å². The Hall–Kier alpha value is -2.25. The number of amides is 1. The van der Waals surface area contributed by atoms with Crippen LogP contribution in [0.4, 0.5) is 11.4 Å². The van der Waals surface area contributed by atoms with E-state index in [-0.39, 0.29) is 18.9 Å². The van der Waals surface area contributed by atoms with Crippen molar-refractivity contribution in [3.8, 4) is 5.75 Å². The number of para-hydroxylation sites is 3. The standard InChI is InChI=1S/C17H17ClN2O4S/c1-25(22,23)20-11-10-16(24-15-9-5-4-8-14(15)20)17(21)19-13-7-3-2-6-12(13)18/h2-9,16H,10-11H2,1H3,(H,19,21)/t16-/m0/s1. The number of ether oxygens (including phenoxy) is 1. The molecular formula is C17H17ClN2O4S. The Bertz CT molecular complexity index is 901. The number of halogens is 1. The second-order valence-electron chi connectivity index (χ2n) is 5.67. The van der Waals surface area contributed by atoms with Crippen LogP contribution in [-0.4, -0.2) is 33.2 Å². The van der Waals surface area contributed by atoms with Crippen molar-refractivity contribution in [1.29, 1.82) is 0 Å². The predicted molar refractivity (Wildman–Crippen MR) is 97.7 cm³/mol. The molecule has 0 aromatic heterocycles. The van der Waals surface area contributed by atoms with Gasteiger partial charge in [-0.3, -0.25) is 9.10 Å². The van der Waals surface area contributed by atoms with E-state index in [0.717, 1.165) is 6.26 Å². The fourth-order valence-corrected chi connectivity index (χ4v) is 3.76. The summed E-state index contributed by atoms with van der Waals surface area (Å²) in [5.74, 6) is -0.0250. The van der Waals surface area contributed by atoms with Gasteiger partial charge < -0.3 is 10.1 Å². The molecule has 1 heterocycles. The summed E-state index contributed by atoms with van der Waals surface area (Å²) < 4.78 is 31.2. The van der Waals surface area contributed by atoms with Crippen molar-refractivity contribution in [2.75, 3.05) is 22.4 Å². The summed E-state index contributed by atoms with van der Waals surface area (Å²) in [6, 6.07) is 13.6. The molecule has 2 aromatic rings. The maximum atomic E-state index is 12.6. The maximum absolute atomic E-state index is 12.6. The highest BCUT2D eigenvalue weighted by molar-refractivity contribution is 7.92. The van der Waals surface area contributed by atoms with Gasteiger partial charge in [0.05, 0.1) is 22.7 Å². The lowest BCUT2D eigenvalue weighted by atomic mass is 10.2. The molecule has 1 amide bonds. The van der Waals surface area contributed by atoms with Crippen LogP contribution >= 0.6 is 11.6 Å². The number of rotatable bonds is 3. The molecule has 1 N–H and O–H groups in total. The monoisotopic (exact) mass is 380 g/mol. The largest absolute Gasteiger partial charge is 0.478 e. The molecule has 0 aliphatic carbocycles. The predicted octanol–water partition coefficient (Wildman–Crippen LogP) is 2.90. The average Bonchev–Trinajstić information content (AvgIpc) is 2.76. The van der Waals surface area contributed by atoms with Crippen LogP contribution in [0.1, 0.15) is 6.42 Å². The Morgan fingerprint density at radius 3 is 2.60 bits per heavy atom. The van der Waals surface area contributed by atoms with E-state index in [0.29, 0.717) is 22.1 Å². The molecular weight excluding hydrogens is 364 g/mol. The smallest absolute Gasteiger partial charge is 0.265 e. The molecule has 1 aliphatic heterocycles. The normalized spacial score (nSPS) is 17.2. The Morgan fingerprint density at radius 1 is 1.20 bits per heavy atom. The van der Waals surface area contributed by atoms with E-state index >= 15 is 0 Å². The summed E-state index contributed by atoms with van der Waals surface area (Å²) in [5, 5.41) is 3.15. The second kappa shape index (κ2) is 6.93. The summed E-state index contributed by atoms with van der Waals surface area (Å²) in [4.78, 5) is 12.6. The third kappa shape index (κ3) is 3.88. The number of nitrogens with zero attached hydrogens (tertiary/aromatic N) is 1. The molecule has 3 rings (SSSR count). The first-order valence-corrected chi connectivity index (χ1v) is 9.87. The molecule has 8 heteroatoms. The molecule has 0 unspecified atom stereocenters. The SMILES string of the molecule is CS(=O)(=O)N1CC[C@@H](C(=O)Nc2ccccc2Cl)Oc2ccccc21. The van der Waals surface area contributed by atoms with E-state index in [4.69, 9.17) is 16.3 Å². The van der Waals surface area contributed by atoms with Crippen LogP contribution in [0.15, 0.2) is 48.5 Å². The summed E-state index contributed by atoms with van der Waals surface area (Å²) in [6.45, 7) is 0.149. The first-order chi connectivity index (χ1) is 11.9. The molecule has 2 aromatic carbocycles. The third-order valence-corrected chi connectivity index (χ3v) is 5.33. The number of nitrogens with one attached hydrogen (secondary N) is 1. The molecule has 0 saturated carbocycles. The molecule has 0 radical (unpaired) electrons. The van der Waals surface area contributed by atoms with Crippen molar-refractivity contribution in [3.05, 3.63) is 53.6 Å². The minimum Gasteiger partial charge on any atom is -0.478 e. The van der Waals surface area contributed by atoms with Crippen molar-refractivity contribution in [2.45, 2.75) is 12.5 Å². The summed E-state index contributed by atoms with van der Waals surface area (Å²) >= 11 is 6.06. The number of anilines is 2. The minimum atomic E-state index is -3.48. The zero-order valence-corrected chi connectivity index (χ0v) is 15.0. The van der Waals surface area contributed by atoms with Crippen molar-refractivity contribution in [3.63, 3.8) is 0 Å². The lowest BCUT2D eigenvalue weighted by Crippen LogP contribution is -2.36. The van der Waals surface area contributed by atoms with Gasteiger partial charge in [-0.25, -0.2) is 8.42 Å². The Labute approximate surface area is 151 Å². The minimum absolute atomic E-state index is 0.149. The number of hydrogen-bond acceptors (Lipinski definition) is 4. The van der Waals surface area contributed by atoms with Crippen LogP contribution < -0.4 is 14.4 Å². The van der Waals surface area contributed by atoms with Crippen LogP contribution in [0, 0.1) is 0 Å². The molecule has 1 aliphatic rings. The van der Waals surface area contributed by atoms with E-state index < -0.39 is 16.1 Å². The molecule has 0 spiro atoms. The quantitative estimate of drug-likeness (QED) is 0.888. The van der Waals surface area contributed by atoms with Gasteiger partial charge in [0.25, 0.3) is 5.91 Å². The number of carbonyl (C=O) groups is 1. The van der Waals surface area contributed by atoms with Crippen molar-refractivity contribution in [2.24, 2.45) is 0 Å².